The smallest absolute Gasteiger partial charge is 0.249 e. The number of anilines is 4. The molecule has 7 rings (SSSR count). The van der Waals surface area contributed by atoms with Crippen molar-refractivity contribution in [2.24, 2.45) is 17.6 Å². The molecule has 5 aliphatic rings. The zero-order valence-electron chi connectivity index (χ0n) is 25.4. The van der Waals surface area contributed by atoms with E-state index in [0.717, 1.165) is 48.2 Å². The number of likely N-dealkylation sites (N-methyl/N-ethyl adjacent to an activating group) is 1. The number of primary amides is 1. The summed E-state index contributed by atoms with van der Waals surface area (Å²) >= 11 is 0. The molecule has 0 bridgehead atoms. The van der Waals surface area contributed by atoms with Gasteiger partial charge in [0.1, 0.15) is 23.1 Å². The zero-order chi connectivity index (χ0) is 29.6. The Morgan fingerprint density at radius 3 is 2.52 bits per heavy atom. The summed E-state index contributed by atoms with van der Waals surface area (Å²) in [5.74, 6) is 3.55. The van der Waals surface area contributed by atoms with Crippen LogP contribution in [-0.2, 0) is 11.2 Å². The Bertz CT molecular complexity index is 1340. The van der Waals surface area contributed by atoms with Crippen molar-refractivity contribution in [3.63, 3.8) is 0 Å². The number of carbonyl (C=O) groups is 2. The monoisotopic (exact) mass is 575 g/mol. The molecule has 3 unspecified atom stereocenters. The molecule has 10 heteroatoms. The van der Waals surface area contributed by atoms with Crippen LogP contribution in [0.4, 0.5) is 23.1 Å². The van der Waals surface area contributed by atoms with Gasteiger partial charge < -0.3 is 30.9 Å². The van der Waals surface area contributed by atoms with E-state index in [2.05, 4.69) is 20.5 Å². The van der Waals surface area contributed by atoms with E-state index in [-0.39, 0.29) is 11.9 Å². The van der Waals surface area contributed by atoms with Crippen LogP contribution in [0.5, 0.6) is 5.75 Å². The number of hydrogen-bond acceptors (Lipinski definition) is 8. The number of fused-ring (bicyclic) bond motifs is 3. The van der Waals surface area contributed by atoms with Crippen LogP contribution in [0.15, 0.2) is 18.3 Å². The molecule has 4 N–H and O–H groups in total. The Kier molecular flexibility index (Phi) is 7.76. The molecule has 3 aliphatic heterocycles. The van der Waals surface area contributed by atoms with Crippen molar-refractivity contribution in [1.82, 2.24) is 15.3 Å². The molecule has 1 aromatic heterocycles. The Morgan fingerprint density at radius 2 is 1.86 bits per heavy atom. The van der Waals surface area contributed by atoms with Gasteiger partial charge >= 0.3 is 0 Å². The van der Waals surface area contributed by atoms with E-state index in [1.807, 2.05) is 20.8 Å². The molecule has 10 nitrogen and oxygen atoms in total. The predicted octanol–water partition coefficient (Wildman–Crippen LogP) is 4.54. The van der Waals surface area contributed by atoms with Gasteiger partial charge in [0.2, 0.25) is 17.8 Å². The number of carbonyl (C=O) groups excluding carboxylic acids is 2. The normalized spacial score (nSPS) is 25.8. The van der Waals surface area contributed by atoms with Crippen molar-refractivity contribution in [3.05, 3.63) is 29.5 Å². The van der Waals surface area contributed by atoms with Crippen LogP contribution < -0.4 is 30.9 Å². The lowest BCUT2D eigenvalue weighted by Crippen LogP contribution is -2.55. The molecular formula is C32H45N7O3. The number of nitrogens with one attached hydrogen (secondary N) is 2. The van der Waals surface area contributed by atoms with E-state index < -0.39 is 11.5 Å². The van der Waals surface area contributed by atoms with Gasteiger partial charge in [-0.15, -0.1) is 0 Å². The molecule has 1 aromatic carbocycles. The number of benzene rings is 1. The minimum atomic E-state index is -0.473. The average molecular weight is 576 g/mol. The summed E-state index contributed by atoms with van der Waals surface area (Å²) in [7, 11) is 1.79. The van der Waals surface area contributed by atoms with E-state index in [9.17, 15) is 9.59 Å². The number of aromatic nitrogens is 2. The van der Waals surface area contributed by atoms with E-state index in [1.54, 1.807) is 30.3 Å². The molecule has 3 fully saturated rings. The minimum Gasteiger partial charge on any atom is -0.485 e. The average Bonchev–Trinajstić information content (AvgIpc) is 3.75. The van der Waals surface area contributed by atoms with Gasteiger partial charge in [-0.05, 0) is 83.0 Å². The van der Waals surface area contributed by atoms with Crippen LogP contribution in [0, 0.1) is 11.8 Å². The third-order valence-corrected chi connectivity index (χ3v) is 9.79. The lowest BCUT2D eigenvalue weighted by Gasteiger charge is -2.43. The van der Waals surface area contributed by atoms with Crippen LogP contribution in [-0.4, -0.2) is 59.6 Å². The number of hydrogen-bond donors (Lipinski definition) is 3. The van der Waals surface area contributed by atoms with Crippen molar-refractivity contribution >= 4 is 35.0 Å². The third kappa shape index (κ3) is 5.29. The lowest BCUT2D eigenvalue weighted by atomic mass is 9.96. The highest BCUT2D eigenvalue weighted by Crippen LogP contribution is 2.44. The van der Waals surface area contributed by atoms with Gasteiger partial charge in [0.15, 0.2) is 5.82 Å². The number of nitrogens with zero attached hydrogens (tertiary/aromatic N) is 4. The fourth-order valence-electron chi connectivity index (χ4n) is 7.66. The number of rotatable bonds is 5. The summed E-state index contributed by atoms with van der Waals surface area (Å²) < 4.78 is 6.18. The van der Waals surface area contributed by atoms with E-state index in [0.29, 0.717) is 35.4 Å². The first-order valence-electron chi connectivity index (χ1n) is 15.7. The van der Waals surface area contributed by atoms with Crippen LogP contribution in [0.25, 0.3) is 0 Å². The van der Waals surface area contributed by atoms with Crippen LogP contribution in [0.2, 0.25) is 0 Å². The molecule has 1 saturated heterocycles. The fourth-order valence-corrected chi connectivity index (χ4v) is 7.66. The van der Waals surface area contributed by atoms with Gasteiger partial charge in [0.25, 0.3) is 0 Å². The molecule has 0 radical (unpaired) electrons. The van der Waals surface area contributed by atoms with Crippen LogP contribution >= 0.6 is 0 Å². The maximum atomic E-state index is 13.1. The Labute approximate surface area is 248 Å². The molecule has 0 spiro atoms. The molecule has 2 aromatic rings. The minimum absolute atomic E-state index is 0.0849. The maximum absolute atomic E-state index is 13.1. The van der Waals surface area contributed by atoms with Gasteiger partial charge in [0.05, 0.1) is 11.9 Å². The number of amides is 2. The lowest BCUT2D eigenvalue weighted by molar-refractivity contribution is -0.120. The second kappa shape index (κ2) is 11.4. The van der Waals surface area contributed by atoms with Crippen molar-refractivity contribution in [3.8, 4) is 5.75 Å². The highest BCUT2D eigenvalue weighted by Gasteiger charge is 2.41. The first-order chi connectivity index (χ1) is 20.2. The number of nitrogens with two attached hydrogens (primary N) is 1. The molecular weight excluding hydrogens is 530 g/mol. The Morgan fingerprint density at radius 1 is 1.14 bits per heavy atom. The van der Waals surface area contributed by atoms with Gasteiger partial charge in [0, 0.05) is 30.6 Å². The molecule has 226 valence electrons. The predicted molar refractivity (Wildman–Crippen MR) is 165 cm³/mol. The summed E-state index contributed by atoms with van der Waals surface area (Å²) in [5.41, 5.74) is 7.83. The zero-order valence-corrected chi connectivity index (χ0v) is 25.4. The van der Waals surface area contributed by atoms with E-state index in [4.69, 9.17) is 15.5 Å². The third-order valence-electron chi connectivity index (χ3n) is 9.79. The first-order valence-corrected chi connectivity index (χ1v) is 15.7. The largest absolute Gasteiger partial charge is 0.485 e. The summed E-state index contributed by atoms with van der Waals surface area (Å²) in [5, 5.41) is 6.72. The topological polar surface area (TPSA) is 126 Å². The molecule has 42 heavy (non-hydrogen) atoms. The van der Waals surface area contributed by atoms with Crippen molar-refractivity contribution in [2.75, 3.05) is 35.3 Å². The van der Waals surface area contributed by atoms with Gasteiger partial charge in [-0.3, -0.25) is 9.59 Å². The highest BCUT2D eigenvalue weighted by atomic mass is 16.5. The second-order valence-electron chi connectivity index (χ2n) is 13.2. The van der Waals surface area contributed by atoms with Crippen LogP contribution in [0.1, 0.15) is 88.1 Å². The van der Waals surface area contributed by atoms with Gasteiger partial charge in [-0.25, -0.2) is 4.98 Å². The quantitative estimate of drug-likeness (QED) is 0.475. The summed E-state index contributed by atoms with van der Waals surface area (Å²) in [4.78, 5) is 38.4. The van der Waals surface area contributed by atoms with Crippen molar-refractivity contribution in [1.29, 1.82) is 0 Å². The van der Waals surface area contributed by atoms with Gasteiger partial charge in [-0.1, -0.05) is 26.2 Å². The summed E-state index contributed by atoms with van der Waals surface area (Å²) in [6.07, 6.45) is 12.0. The molecule has 4 heterocycles. The molecule has 2 amide bonds. The first kappa shape index (κ1) is 28.7. The highest BCUT2D eigenvalue weighted by molar-refractivity contribution is 6.04. The number of ether oxygens (including phenoxy) is 1. The van der Waals surface area contributed by atoms with Crippen molar-refractivity contribution in [2.45, 2.75) is 96.2 Å². The standard InChI is InChI=1S/C25H32N6O3.C7H13N/c1-5-18-23(33)30(4)19-13-27-24(29-22(19)31(18)14-8-6-7-9-14)28-17-11-10-15(21(26)32)16-12-25(2,3)34-20(16)17;1-2-6-4-8-5-7(6)3-1/h10-11,13-14,18H,5-9,12H2,1-4H3,(H2,26,32)(H,27,28,29);6-8H,1-5H2. The van der Waals surface area contributed by atoms with E-state index in [1.165, 1.54) is 45.2 Å². The Balaban J connectivity index is 0.000000337. The summed E-state index contributed by atoms with van der Waals surface area (Å²) in [6, 6.07) is 3.57. The maximum Gasteiger partial charge on any atom is 0.249 e. The van der Waals surface area contributed by atoms with E-state index >= 15 is 0 Å². The van der Waals surface area contributed by atoms with Gasteiger partial charge in [-0.2, -0.15) is 4.98 Å². The molecule has 2 aliphatic carbocycles. The second-order valence-corrected chi connectivity index (χ2v) is 13.2. The molecule has 2 saturated carbocycles. The van der Waals surface area contributed by atoms with Crippen LogP contribution in [0.3, 0.4) is 0 Å². The molecule has 3 atom stereocenters. The fraction of sp³-hybridized carbons (Fsp3) is 0.625. The van der Waals surface area contributed by atoms with Crippen molar-refractivity contribution < 1.29 is 14.3 Å². The summed E-state index contributed by atoms with van der Waals surface area (Å²) in [6.45, 7) is 8.63. The Hall–Kier alpha value is -3.40. The SMILES string of the molecule is C1CC2CNCC2C1.CCC1C(=O)N(C)c2cnc(Nc3ccc(C(N)=O)c4c3OC(C)(C)C4)nc2N1C1CCCC1.